The maximum atomic E-state index is 13.9. The summed E-state index contributed by atoms with van der Waals surface area (Å²) >= 11 is 0. The molecule has 0 bridgehead atoms. The number of halogens is 2. The van der Waals surface area contributed by atoms with Crippen LogP contribution in [-0.4, -0.2) is 11.8 Å². The second-order valence-electron chi connectivity index (χ2n) is 8.09. The number of anilines is 2. The van der Waals surface area contributed by atoms with Gasteiger partial charge in [0.05, 0.1) is 11.3 Å². The van der Waals surface area contributed by atoms with Crippen LogP contribution in [0.15, 0.2) is 60.3 Å². The van der Waals surface area contributed by atoms with Gasteiger partial charge in [0.1, 0.15) is 5.70 Å². The van der Waals surface area contributed by atoms with Crippen LogP contribution in [0, 0.1) is 39.3 Å². The van der Waals surface area contributed by atoms with E-state index in [9.17, 15) is 18.4 Å². The molecule has 0 aromatic heterocycles. The van der Waals surface area contributed by atoms with Gasteiger partial charge in [-0.25, -0.2) is 13.7 Å². The van der Waals surface area contributed by atoms with E-state index in [2.05, 4.69) is 5.32 Å². The Hall–Kier alpha value is -3.80. The van der Waals surface area contributed by atoms with Gasteiger partial charge in [-0.2, -0.15) is 0 Å². The Bertz CT molecular complexity index is 1290. The first-order chi connectivity index (χ1) is 15.2. The second-order valence-corrected chi connectivity index (χ2v) is 8.09. The van der Waals surface area contributed by atoms with Crippen molar-refractivity contribution in [2.24, 2.45) is 0 Å². The summed E-state index contributed by atoms with van der Waals surface area (Å²) < 4.78 is 27.3. The Morgan fingerprint density at radius 1 is 0.719 bits per heavy atom. The number of aryl methyl sites for hydroxylation is 4. The molecule has 0 atom stereocenters. The second kappa shape index (κ2) is 8.04. The number of benzene rings is 3. The summed E-state index contributed by atoms with van der Waals surface area (Å²) in [7, 11) is 0. The topological polar surface area (TPSA) is 49.4 Å². The zero-order valence-electron chi connectivity index (χ0n) is 18.2. The van der Waals surface area contributed by atoms with Crippen LogP contribution >= 0.6 is 0 Å². The van der Waals surface area contributed by atoms with Gasteiger partial charge in [0, 0.05) is 11.8 Å². The van der Waals surface area contributed by atoms with Crippen molar-refractivity contribution in [3.63, 3.8) is 0 Å². The molecule has 1 aliphatic rings. The predicted molar refractivity (Wildman–Crippen MR) is 121 cm³/mol. The van der Waals surface area contributed by atoms with Gasteiger partial charge in [0.25, 0.3) is 11.8 Å². The van der Waals surface area contributed by atoms with Crippen molar-refractivity contribution in [2.75, 3.05) is 10.2 Å². The quantitative estimate of drug-likeness (QED) is 0.547. The van der Waals surface area contributed by atoms with E-state index in [1.807, 2.05) is 58.0 Å². The predicted octanol–water partition coefficient (Wildman–Crippen LogP) is 5.60. The molecule has 4 nitrogen and oxygen atoms in total. The molecule has 4 rings (SSSR count). The molecule has 32 heavy (non-hydrogen) atoms. The van der Waals surface area contributed by atoms with Crippen molar-refractivity contribution in [3.8, 4) is 0 Å². The van der Waals surface area contributed by atoms with Crippen LogP contribution in [0.5, 0.6) is 0 Å². The first kappa shape index (κ1) is 21.4. The lowest BCUT2D eigenvalue weighted by Crippen LogP contribution is -2.32. The van der Waals surface area contributed by atoms with E-state index < -0.39 is 23.4 Å². The number of amides is 2. The highest BCUT2D eigenvalue weighted by Crippen LogP contribution is 2.35. The minimum atomic E-state index is -1.13. The highest BCUT2D eigenvalue weighted by molar-refractivity contribution is 6.46. The Labute approximate surface area is 185 Å². The van der Waals surface area contributed by atoms with E-state index >= 15 is 0 Å². The zero-order chi connectivity index (χ0) is 23.2. The van der Waals surface area contributed by atoms with Crippen LogP contribution in [0.1, 0.15) is 27.8 Å². The minimum Gasteiger partial charge on any atom is -0.350 e. The zero-order valence-corrected chi connectivity index (χ0v) is 18.2. The number of nitrogens with zero attached hydrogens (tertiary/aromatic N) is 1. The lowest BCUT2D eigenvalue weighted by Gasteiger charge is -2.16. The average molecular weight is 432 g/mol. The number of nitrogens with one attached hydrogen (secondary N) is 1. The molecule has 0 spiro atoms. The molecule has 0 fully saturated rings. The maximum absolute atomic E-state index is 13.9. The van der Waals surface area contributed by atoms with E-state index in [1.54, 1.807) is 6.07 Å². The molecule has 3 aromatic carbocycles. The lowest BCUT2D eigenvalue weighted by molar-refractivity contribution is -0.120. The van der Waals surface area contributed by atoms with Gasteiger partial charge < -0.3 is 5.32 Å². The maximum Gasteiger partial charge on any atom is 0.282 e. The largest absolute Gasteiger partial charge is 0.350 e. The first-order valence-corrected chi connectivity index (χ1v) is 10.2. The highest BCUT2D eigenvalue weighted by atomic mass is 19.2. The summed E-state index contributed by atoms with van der Waals surface area (Å²) in [6, 6.07) is 14.2. The number of rotatable bonds is 4. The molecule has 3 aromatic rings. The van der Waals surface area contributed by atoms with E-state index in [-0.39, 0.29) is 17.0 Å². The van der Waals surface area contributed by atoms with Gasteiger partial charge in [-0.05, 0) is 79.8 Å². The Morgan fingerprint density at radius 2 is 1.41 bits per heavy atom. The van der Waals surface area contributed by atoms with Crippen molar-refractivity contribution < 1.29 is 18.4 Å². The van der Waals surface area contributed by atoms with Crippen molar-refractivity contribution in [2.45, 2.75) is 27.7 Å². The molecule has 162 valence electrons. The Kier molecular flexibility index (Phi) is 5.38. The summed E-state index contributed by atoms with van der Waals surface area (Å²) in [5.41, 5.74) is 5.48. The van der Waals surface area contributed by atoms with Crippen molar-refractivity contribution >= 4 is 28.8 Å². The molecule has 0 radical (unpaired) electrons. The number of hydrogen-bond acceptors (Lipinski definition) is 3. The summed E-state index contributed by atoms with van der Waals surface area (Å²) in [5, 5.41) is 3.11. The normalized spacial score (nSPS) is 13.9. The minimum absolute atomic E-state index is 0.0301. The third-order valence-corrected chi connectivity index (χ3v) is 5.53. The number of carbonyl (C=O) groups excluding carboxylic acids is 2. The van der Waals surface area contributed by atoms with E-state index in [0.717, 1.165) is 39.3 Å². The van der Waals surface area contributed by atoms with Crippen LogP contribution in [0.25, 0.3) is 5.57 Å². The average Bonchev–Trinajstić information content (AvgIpc) is 2.95. The van der Waals surface area contributed by atoms with Gasteiger partial charge in [0.2, 0.25) is 0 Å². The van der Waals surface area contributed by atoms with E-state index in [0.29, 0.717) is 11.3 Å². The van der Waals surface area contributed by atoms with Crippen LogP contribution in [0.2, 0.25) is 0 Å². The fourth-order valence-electron chi connectivity index (χ4n) is 3.86. The number of imide groups is 1. The molecule has 1 heterocycles. The standard InChI is InChI=1S/C26H22F2N2O2/c1-14-9-15(2)11-19(10-14)29-24-23(18-6-5-16(3)17(4)12-18)25(31)30(26(24)32)20-7-8-21(27)22(28)13-20/h5-13,29H,1-4H3. The van der Waals surface area contributed by atoms with Gasteiger partial charge in [0.15, 0.2) is 11.6 Å². The SMILES string of the molecule is Cc1cc(C)cc(NC2=C(c3ccc(C)c(C)c3)C(=O)N(c3ccc(F)c(F)c3)C2=O)c1. The molecule has 6 heteroatoms. The van der Waals surface area contributed by atoms with Crippen LogP contribution in [0.4, 0.5) is 20.2 Å². The summed E-state index contributed by atoms with van der Waals surface area (Å²) in [5.74, 6) is -3.42. The van der Waals surface area contributed by atoms with Crippen molar-refractivity contribution in [1.29, 1.82) is 0 Å². The van der Waals surface area contributed by atoms with Crippen LogP contribution in [0.3, 0.4) is 0 Å². The van der Waals surface area contributed by atoms with Crippen molar-refractivity contribution in [3.05, 3.63) is 99.7 Å². The summed E-state index contributed by atoms with van der Waals surface area (Å²) in [6.07, 6.45) is 0. The van der Waals surface area contributed by atoms with Gasteiger partial charge in [-0.1, -0.05) is 24.3 Å². The van der Waals surface area contributed by atoms with Crippen molar-refractivity contribution in [1.82, 2.24) is 0 Å². The third kappa shape index (κ3) is 3.80. The van der Waals surface area contributed by atoms with Gasteiger partial charge in [-0.3, -0.25) is 9.59 Å². The third-order valence-electron chi connectivity index (χ3n) is 5.53. The molecule has 1 aliphatic heterocycles. The molecule has 1 N–H and O–H groups in total. The summed E-state index contributed by atoms with van der Waals surface area (Å²) in [6.45, 7) is 7.75. The van der Waals surface area contributed by atoms with E-state index in [4.69, 9.17) is 0 Å². The molecule has 0 saturated carbocycles. The Balaban J connectivity index is 1.86. The fourth-order valence-corrected chi connectivity index (χ4v) is 3.86. The molecule has 2 amide bonds. The van der Waals surface area contributed by atoms with E-state index in [1.165, 1.54) is 6.07 Å². The Morgan fingerprint density at radius 3 is 2.03 bits per heavy atom. The molecular weight excluding hydrogens is 410 g/mol. The molecule has 0 unspecified atom stereocenters. The van der Waals surface area contributed by atoms with Crippen LogP contribution in [-0.2, 0) is 9.59 Å². The number of hydrogen-bond donors (Lipinski definition) is 1. The number of carbonyl (C=O) groups is 2. The first-order valence-electron chi connectivity index (χ1n) is 10.2. The fraction of sp³-hybridized carbons (Fsp3) is 0.154. The molecule has 0 aliphatic carbocycles. The smallest absolute Gasteiger partial charge is 0.282 e. The summed E-state index contributed by atoms with van der Waals surface area (Å²) in [4.78, 5) is 27.7. The van der Waals surface area contributed by atoms with Crippen LogP contribution < -0.4 is 10.2 Å². The lowest BCUT2D eigenvalue weighted by atomic mass is 9.99. The molecule has 0 saturated heterocycles. The molecular formula is C26H22F2N2O2. The van der Waals surface area contributed by atoms with Gasteiger partial charge >= 0.3 is 0 Å². The highest BCUT2D eigenvalue weighted by Gasteiger charge is 2.40. The van der Waals surface area contributed by atoms with Gasteiger partial charge in [-0.15, -0.1) is 0 Å². The monoisotopic (exact) mass is 432 g/mol.